The van der Waals surface area contributed by atoms with Crippen LogP contribution in [-0.4, -0.2) is 49.9 Å². The van der Waals surface area contributed by atoms with Gasteiger partial charge in [-0.05, 0) is 37.7 Å². The van der Waals surface area contributed by atoms with Gasteiger partial charge in [0.1, 0.15) is 6.10 Å². The molecule has 1 aromatic carbocycles. The van der Waals surface area contributed by atoms with E-state index in [1.54, 1.807) is 12.1 Å². The fraction of sp³-hybridized carbons (Fsp3) is 0.633. The molecule has 0 amide bonds. The van der Waals surface area contributed by atoms with Crippen LogP contribution in [0.1, 0.15) is 83.1 Å². The molecule has 2 fully saturated rings. The number of rotatable bonds is 14. The molecule has 0 aromatic heterocycles. The third-order valence-corrected chi connectivity index (χ3v) is 7.35. The summed E-state index contributed by atoms with van der Waals surface area (Å²) >= 11 is 0. The molecule has 7 nitrogen and oxygen atoms in total. The summed E-state index contributed by atoms with van der Waals surface area (Å²) in [6, 6.07) is 7.06. The predicted octanol–water partition coefficient (Wildman–Crippen LogP) is 6.04. The maximum absolute atomic E-state index is 14.9. The smallest absolute Gasteiger partial charge is 0.330 e. The van der Waals surface area contributed by atoms with E-state index in [-0.39, 0.29) is 17.5 Å². The molecule has 1 aliphatic heterocycles. The van der Waals surface area contributed by atoms with Crippen molar-refractivity contribution in [2.24, 2.45) is 5.92 Å². The van der Waals surface area contributed by atoms with Gasteiger partial charge in [-0.1, -0.05) is 55.7 Å². The van der Waals surface area contributed by atoms with Crippen LogP contribution in [0.25, 0.3) is 0 Å². The molecule has 1 saturated heterocycles. The van der Waals surface area contributed by atoms with E-state index >= 15 is 0 Å². The highest BCUT2D eigenvalue weighted by atomic mass is 19.3. The highest BCUT2D eigenvalue weighted by Gasteiger charge is 2.44. The summed E-state index contributed by atoms with van der Waals surface area (Å²) in [4.78, 5) is 36.0. The first-order valence-electron chi connectivity index (χ1n) is 13.9. The molecule has 9 heteroatoms. The highest BCUT2D eigenvalue weighted by molar-refractivity contribution is 5.88. The van der Waals surface area contributed by atoms with Crippen LogP contribution in [0.5, 0.6) is 0 Å². The number of Topliss-reactive ketones (excluding diaryl/α,β-unsaturated/α-hetero) is 1. The Hall–Kier alpha value is -2.65. The molecule has 1 aliphatic carbocycles. The summed E-state index contributed by atoms with van der Waals surface area (Å²) in [7, 11) is 1.36. The number of hydrogen-bond acceptors (Lipinski definition) is 7. The number of hydrogen-bond donors (Lipinski definition) is 0. The molecule has 1 unspecified atom stereocenters. The van der Waals surface area contributed by atoms with E-state index in [1.807, 2.05) is 0 Å². The number of allylic oxidation sites excluding steroid dienone is 1. The molecule has 0 spiro atoms. The summed E-state index contributed by atoms with van der Waals surface area (Å²) in [5.74, 6) is -5.76. The van der Waals surface area contributed by atoms with Crippen LogP contribution in [0.4, 0.5) is 8.78 Å². The van der Waals surface area contributed by atoms with E-state index in [9.17, 15) is 23.2 Å². The minimum Gasteiger partial charge on any atom is -0.469 e. The molecule has 0 radical (unpaired) electrons. The van der Waals surface area contributed by atoms with Gasteiger partial charge in [-0.3, -0.25) is 14.4 Å². The van der Waals surface area contributed by atoms with Gasteiger partial charge < -0.3 is 18.9 Å². The minimum atomic E-state index is -3.62. The number of alkyl halides is 2. The van der Waals surface area contributed by atoms with E-state index in [2.05, 4.69) is 4.74 Å². The lowest BCUT2D eigenvalue weighted by atomic mass is 9.91. The Kier molecular flexibility index (Phi) is 12.1. The number of ether oxygens (including phenoxy) is 4. The number of benzene rings is 1. The lowest BCUT2D eigenvalue weighted by molar-refractivity contribution is -0.181. The molecule has 3 rings (SSSR count). The second kappa shape index (κ2) is 15.2. The number of esters is 2. The normalized spacial score (nSPS) is 24.5. The lowest BCUT2D eigenvalue weighted by Crippen LogP contribution is -2.28. The Morgan fingerprint density at radius 3 is 2.49 bits per heavy atom. The van der Waals surface area contributed by atoms with Gasteiger partial charge in [0.2, 0.25) is 5.78 Å². The number of methoxy groups -OCH3 is 1. The maximum Gasteiger partial charge on any atom is 0.330 e. The molecule has 39 heavy (non-hydrogen) atoms. The number of ketones is 1. The zero-order chi connectivity index (χ0) is 28.3. The largest absolute Gasteiger partial charge is 0.469 e. The van der Waals surface area contributed by atoms with Crippen LogP contribution in [0, 0.1) is 5.92 Å². The first kappa shape index (κ1) is 30.9. The van der Waals surface area contributed by atoms with Crippen molar-refractivity contribution < 1.29 is 42.1 Å². The van der Waals surface area contributed by atoms with Gasteiger partial charge >= 0.3 is 17.9 Å². The van der Waals surface area contributed by atoms with Crippen molar-refractivity contribution in [3.8, 4) is 0 Å². The Labute approximate surface area is 229 Å². The van der Waals surface area contributed by atoms with E-state index in [0.29, 0.717) is 37.9 Å². The van der Waals surface area contributed by atoms with Crippen LogP contribution in [0.3, 0.4) is 0 Å². The Balaban J connectivity index is 1.75. The molecule has 1 heterocycles. The van der Waals surface area contributed by atoms with Crippen molar-refractivity contribution in [3.63, 3.8) is 0 Å². The molecular formula is C30H40F2O7. The highest BCUT2D eigenvalue weighted by Crippen LogP contribution is 2.41. The maximum atomic E-state index is 14.9. The molecule has 2 aliphatic rings. The summed E-state index contributed by atoms with van der Waals surface area (Å²) < 4.78 is 52.2. The van der Waals surface area contributed by atoms with Crippen LogP contribution in [-0.2, 0) is 39.3 Å². The third kappa shape index (κ3) is 9.21. The van der Waals surface area contributed by atoms with Gasteiger partial charge in [-0.2, -0.15) is 8.78 Å². The van der Waals surface area contributed by atoms with Crippen molar-refractivity contribution in [2.75, 3.05) is 13.7 Å². The number of halogens is 2. The fourth-order valence-electron chi connectivity index (χ4n) is 5.32. The summed E-state index contributed by atoms with van der Waals surface area (Å²) in [5.41, 5.74) is 0.367. The van der Waals surface area contributed by atoms with Gasteiger partial charge in [-0.25, -0.2) is 0 Å². The van der Waals surface area contributed by atoms with Gasteiger partial charge in [0.15, 0.2) is 6.29 Å². The van der Waals surface area contributed by atoms with Crippen LogP contribution in [0.2, 0.25) is 0 Å². The van der Waals surface area contributed by atoms with Crippen molar-refractivity contribution in [1.29, 1.82) is 0 Å². The molecule has 0 bridgehead atoms. The third-order valence-electron chi connectivity index (χ3n) is 7.35. The quantitative estimate of drug-likeness (QED) is 0.159. The number of unbranched alkanes of at least 4 members (excludes halogenated alkanes) is 3. The topological polar surface area (TPSA) is 88.1 Å². The number of carbonyl (C=O) groups is 3. The molecular weight excluding hydrogens is 510 g/mol. The lowest BCUT2D eigenvalue weighted by Gasteiger charge is -2.27. The van der Waals surface area contributed by atoms with Gasteiger partial charge in [0.25, 0.3) is 0 Å². The second-order valence-corrected chi connectivity index (χ2v) is 10.2. The Morgan fingerprint density at radius 2 is 1.82 bits per heavy atom. The molecule has 4 atom stereocenters. The van der Waals surface area contributed by atoms with Crippen molar-refractivity contribution >= 4 is 17.7 Å². The Bertz CT molecular complexity index is 973. The summed E-state index contributed by atoms with van der Waals surface area (Å²) in [5, 5.41) is 0. The SMILES string of the molecule is COC(=O)CCCCCC[C@@H]1C(=CCC(=O)C(F)(F)c2ccccc2)[C@H](OC2CCCCO2)C[C@@H]1OC(C)=O. The van der Waals surface area contributed by atoms with E-state index < -0.39 is 42.6 Å². The standard InChI is InChI=1S/C30H40F2O7/c1-21(33)38-25-20-26(39-29-16-10-11-19-37-29)24(23(25)14-8-3-4-9-15-28(35)36-2)17-18-27(34)30(31,32)22-12-6-5-7-13-22/h5-7,12-13,17,23,25-26,29H,3-4,8-11,14-16,18-20H2,1-2H3/t23-,25+,26-,29?/m1/s1. The number of carbonyl (C=O) groups excluding carboxylic acids is 3. The van der Waals surface area contributed by atoms with Crippen LogP contribution < -0.4 is 0 Å². The first-order chi connectivity index (χ1) is 18.7. The average molecular weight is 551 g/mol. The Morgan fingerprint density at radius 1 is 1.08 bits per heavy atom. The molecule has 216 valence electrons. The predicted molar refractivity (Wildman–Crippen MR) is 140 cm³/mol. The van der Waals surface area contributed by atoms with E-state index in [0.717, 1.165) is 38.5 Å². The fourth-order valence-corrected chi connectivity index (χ4v) is 5.32. The van der Waals surface area contributed by atoms with Crippen LogP contribution in [0.15, 0.2) is 42.0 Å². The first-order valence-corrected chi connectivity index (χ1v) is 13.9. The summed E-state index contributed by atoms with van der Waals surface area (Å²) in [6.07, 6.45) is 6.84. The van der Waals surface area contributed by atoms with Gasteiger partial charge in [0.05, 0.1) is 13.2 Å². The molecule has 1 saturated carbocycles. The summed E-state index contributed by atoms with van der Waals surface area (Å²) in [6.45, 7) is 1.93. The van der Waals surface area contributed by atoms with Crippen molar-refractivity contribution in [3.05, 3.63) is 47.5 Å². The van der Waals surface area contributed by atoms with Crippen molar-refractivity contribution in [2.45, 2.75) is 102 Å². The average Bonchev–Trinajstić information content (AvgIpc) is 3.24. The van der Waals surface area contributed by atoms with E-state index in [4.69, 9.17) is 14.2 Å². The van der Waals surface area contributed by atoms with Crippen LogP contribution >= 0.6 is 0 Å². The zero-order valence-corrected chi connectivity index (χ0v) is 22.9. The van der Waals surface area contributed by atoms with Gasteiger partial charge in [-0.15, -0.1) is 0 Å². The van der Waals surface area contributed by atoms with E-state index in [1.165, 1.54) is 38.3 Å². The second-order valence-electron chi connectivity index (χ2n) is 10.2. The minimum absolute atomic E-state index is 0.243. The molecule has 1 aromatic rings. The monoisotopic (exact) mass is 550 g/mol. The molecule has 0 N–H and O–H groups in total. The van der Waals surface area contributed by atoms with Crippen molar-refractivity contribution in [1.82, 2.24) is 0 Å². The zero-order valence-electron chi connectivity index (χ0n) is 22.9. The van der Waals surface area contributed by atoms with Gasteiger partial charge in [0, 0.05) is 44.3 Å².